The number of benzene rings is 1. The fourth-order valence-corrected chi connectivity index (χ4v) is 6.51. The monoisotopic (exact) mass is 354 g/mol. The lowest BCUT2D eigenvalue weighted by molar-refractivity contribution is 0.156. The molecule has 2 saturated heterocycles. The maximum atomic E-state index is 13.0. The van der Waals surface area contributed by atoms with Crippen molar-refractivity contribution < 1.29 is 17.5 Å². The van der Waals surface area contributed by atoms with Crippen molar-refractivity contribution >= 4 is 10.2 Å². The molecule has 2 aliphatic heterocycles. The second-order valence-corrected chi connectivity index (χ2v) is 8.84. The van der Waals surface area contributed by atoms with Crippen LogP contribution in [0.25, 0.3) is 0 Å². The van der Waals surface area contributed by atoms with E-state index in [0.717, 1.165) is 32.1 Å². The van der Waals surface area contributed by atoms with Crippen LogP contribution in [-0.2, 0) is 10.2 Å². The molecule has 4 rings (SSSR count). The summed E-state index contributed by atoms with van der Waals surface area (Å²) in [6.45, 7) is 1.59. The Morgan fingerprint density at radius 1 is 1.12 bits per heavy atom. The molecule has 0 amide bonds. The van der Waals surface area contributed by atoms with Gasteiger partial charge in [0.1, 0.15) is 18.2 Å². The van der Waals surface area contributed by atoms with Crippen LogP contribution in [0.15, 0.2) is 24.3 Å². The Labute approximate surface area is 142 Å². The first kappa shape index (κ1) is 16.3. The molecule has 0 radical (unpaired) electrons. The molecule has 0 spiro atoms. The molecule has 24 heavy (non-hydrogen) atoms. The Bertz CT molecular complexity index is 688. The van der Waals surface area contributed by atoms with Crippen LogP contribution in [0.4, 0.5) is 4.39 Å². The van der Waals surface area contributed by atoms with E-state index >= 15 is 0 Å². The number of nitrogens with zero attached hydrogens (tertiary/aromatic N) is 2. The summed E-state index contributed by atoms with van der Waals surface area (Å²) in [7, 11) is -3.40. The maximum Gasteiger partial charge on any atom is 0.282 e. The number of rotatable bonds is 5. The van der Waals surface area contributed by atoms with Gasteiger partial charge in [-0.15, -0.1) is 0 Å². The maximum absolute atomic E-state index is 13.0. The van der Waals surface area contributed by atoms with Crippen molar-refractivity contribution in [2.45, 2.75) is 44.2 Å². The van der Waals surface area contributed by atoms with Gasteiger partial charge in [-0.25, -0.2) is 4.39 Å². The Morgan fingerprint density at radius 3 is 2.54 bits per heavy atom. The fraction of sp³-hybridized carbons (Fsp3) is 0.647. The lowest BCUT2D eigenvalue weighted by atomic mass is 10.0. The van der Waals surface area contributed by atoms with Crippen molar-refractivity contribution in [1.29, 1.82) is 0 Å². The van der Waals surface area contributed by atoms with Gasteiger partial charge >= 0.3 is 0 Å². The van der Waals surface area contributed by atoms with E-state index in [1.165, 1.54) is 12.1 Å². The highest BCUT2D eigenvalue weighted by Crippen LogP contribution is 2.45. The molecule has 7 heteroatoms. The number of hydrogen-bond acceptors (Lipinski definition) is 3. The summed E-state index contributed by atoms with van der Waals surface area (Å²) in [5, 5.41) is 0. The topological polar surface area (TPSA) is 49.9 Å². The Kier molecular flexibility index (Phi) is 4.26. The van der Waals surface area contributed by atoms with E-state index < -0.39 is 10.2 Å². The van der Waals surface area contributed by atoms with Gasteiger partial charge in [-0.2, -0.15) is 17.0 Å². The largest absolute Gasteiger partial charge is 0.492 e. The van der Waals surface area contributed by atoms with Crippen molar-refractivity contribution in [2.75, 3.05) is 19.7 Å². The molecule has 0 N–H and O–H groups in total. The van der Waals surface area contributed by atoms with Crippen molar-refractivity contribution in [2.24, 2.45) is 5.92 Å². The van der Waals surface area contributed by atoms with Crippen LogP contribution in [0.5, 0.6) is 5.75 Å². The third-order valence-electron chi connectivity index (χ3n) is 5.57. The van der Waals surface area contributed by atoms with Gasteiger partial charge < -0.3 is 4.74 Å². The molecule has 5 nitrogen and oxygen atoms in total. The van der Waals surface area contributed by atoms with Gasteiger partial charge in [0.2, 0.25) is 0 Å². The Morgan fingerprint density at radius 2 is 1.83 bits per heavy atom. The number of hydrogen-bond donors (Lipinski definition) is 0. The van der Waals surface area contributed by atoms with Gasteiger partial charge in [0, 0.05) is 19.1 Å². The third-order valence-corrected chi connectivity index (χ3v) is 7.69. The van der Waals surface area contributed by atoms with Gasteiger partial charge in [-0.3, -0.25) is 0 Å². The second kappa shape index (κ2) is 6.28. The van der Waals surface area contributed by atoms with Crippen LogP contribution in [0, 0.1) is 11.7 Å². The van der Waals surface area contributed by atoms with Gasteiger partial charge in [0.05, 0.1) is 6.04 Å². The third kappa shape index (κ3) is 2.82. The first-order chi connectivity index (χ1) is 11.6. The summed E-state index contributed by atoms with van der Waals surface area (Å²) in [6.07, 6.45) is 4.83. The van der Waals surface area contributed by atoms with Crippen LogP contribution in [0.2, 0.25) is 0 Å². The average Bonchev–Trinajstić information content (AvgIpc) is 3.30. The zero-order chi connectivity index (χ0) is 16.7. The molecule has 0 aromatic heterocycles. The molecular formula is C17H23FN2O3S. The number of halogens is 1. The van der Waals surface area contributed by atoms with E-state index in [0.29, 0.717) is 31.4 Å². The van der Waals surface area contributed by atoms with Gasteiger partial charge in [-0.1, -0.05) is 0 Å². The summed E-state index contributed by atoms with van der Waals surface area (Å²) in [5.74, 6) is 0.644. The van der Waals surface area contributed by atoms with Crippen molar-refractivity contribution in [1.82, 2.24) is 8.61 Å². The molecule has 1 aliphatic carbocycles. The molecule has 3 atom stereocenters. The van der Waals surface area contributed by atoms with Crippen LogP contribution >= 0.6 is 0 Å². The van der Waals surface area contributed by atoms with E-state index in [1.807, 2.05) is 0 Å². The predicted molar refractivity (Wildman–Crippen MR) is 88.4 cm³/mol. The van der Waals surface area contributed by atoms with Gasteiger partial charge in [0.15, 0.2) is 0 Å². The average molecular weight is 354 g/mol. The molecule has 132 valence electrons. The van der Waals surface area contributed by atoms with Gasteiger partial charge in [0.25, 0.3) is 10.2 Å². The lowest BCUT2D eigenvalue weighted by Crippen LogP contribution is -2.52. The number of fused-ring (bicyclic) bond motifs is 2. The summed E-state index contributed by atoms with van der Waals surface area (Å²) in [5.41, 5.74) is 0. The molecule has 1 aromatic rings. The van der Waals surface area contributed by atoms with Crippen LogP contribution in [-0.4, -0.2) is 48.8 Å². The SMILES string of the molecule is O=S(=O)(N1CCCC1)N1C2CCC(C2)[C@@H]1COc1ccc(F)cc1. The van der Waals surface area contributed by atoms with Gasteiger partial charge in [-0.05, 0) is 62.3 Å². The molecule has 2 unspecified atom stereocenters. The quantitative estimate of drug-likeness (QED) is 0.816. The van der Waals surface area contributed by atoms with E-state index in [1.54, 1.807) is 20.7 Å². The van der Waals surface area contributed by atoms with Crippen molar-refractivity contribution in [3.8, 4) is 5.75 Å². The summed E-state index contributed by atoms with van der Waals surface area (Å²) < 4.78 is 48.2. The number of ether oxygens (including phenoxy) is 1. The second-order valence-electron chi connectivity index (χ2n) is 7.00. The van der Waals surface area contributed by atoms with E-state index in [2.05, 4.69) is 0 Å². The minimum atomic E-state index is -3.40. The molecule has 3 aliphatic rings. The summed E-state index contributed by atoms with van der Waals surface area (Å²) in [4.78, 5) is 0. The standard InChI is InChI=1S/C17H23FN2O3S/c18-14-4-7-16(8-5-14)23-12-17-13-3-6-15(11-13)20(17)24(21,22)19-9-1-2-10-19/h4-5,7-8,13,15,17H,1-3,6,9-12H2/t13?,15?,17-/m0/s1. The van der Waals surface area contributed by atoms with E-state index in [9.17, 15) is 12.8 Å². The highest BCUT2D eigenvalue weighted by Gasteiger charge is 2.53. The smallest absolute Gasteiger partial charge is 0.282 e. The summed E-state index contributed by atoms with van der Waals surface area (Å²) in [6, 6.07) is 5.88. The highest BCUT2D eigenvalue weighted by atomic mass is 32.2. The van der Waals surface area contributed by atoms with Crippen LogP contribution in [0.1, 0.15) is 32.1 Å². The predicted octanol–water partition coefficient (Wildman–Crippen LogP) is 2.40. The van der Waals surface area contributed by atoms with Crippen LogP contribution < -0.4 is 4.74 Å². The van der Waals surface area contributed by atoms with Crippen LogP contribution in [0.3, 0.4) is 0 Å². The fourth-order valence-electron chi connectivity index (χ4n) is 4.38. The Hall–Kier alpha value is -1.18. The lowest BCUT2D eigenvalue weighted by Gasteiger charge is -2.36. The summed E-state index contributed by atoms with van der Waals surface area (Å²) >= 11 is 0. The zero-order valence-corrected chi connectivity index (χ0v) is 14.4. The molecule has 1 saturated carbocycles. The van der Waals surface area contributed by atoms with Crippen molar-refractivity contribution in [3.63, 3.8) is 0 Å². The number of piperidine rings is 1. The first-order valence-electron chi connectivity index (χ1n) is 8.73. The van der Waals surface area contributed by atoms with E-state index in [4.69, 9.17) is 4.74 Å². The minimum absolute atomic E-state index is 0.112. The normalized spacial score (nSPS) is 31.0. The molecule has 2 heterocycles. The highest BCUT2D eigenvalue weighted by molar-refractivity contribution is 7.86. The molecule has 1 aromatic carbocycles. The molecule has 2 bridgehead atoms. The Balaban J connectivity index is 1.51. The molecule has 3 fully saturated rings. The van der Waals surface area contributed by atoms with Crippen molar-refractivity contribution in [3.05, 3.63) is 30.1 Å². The zero-order valence-electron chi connectivity index (χ0n) is 13.6. The van der Waals surface area contributed by atoms with E-state index in [-0.39, 0.29) is 17.9 Å². The molecular weight excluding hydrogens is 331 g/mol. The minimum Gasteiger partial charge on any atom is -0.492 e. The first-order valence-corrected chi connectivity index (χ1v) is 10.1.